The summed E-state index contributed by atoms with van der Waals surface area (Å²) in [5.74, 6) is 5.99. The van der Waals surface area contributed by atoms with Crippen LogP contribution in [0.3, 0.4) is 0 Å². The minimum Gasteiger partial charge on any atom is -0.384 e. The van der Waals surface area contributed by atoms with Gasteiger partial charge in [-0.3, -0.25) is 4.79 Å². The van der Waals surface area contributed by atoms with Crippen LogP contribution in [-0.4, -0.2) is 35.1 Å². The molecule has 0 spiro atoms. The van der Waals surface area contributed by atoms with E-state index in [0.717, 1.165) is 24.9 Å². The normalized spacial score (nSPS) is 10.6. The van der Waals surface area contributed by atoms with Crippen LogP contribution in [0.5, 0.6) is 0 Å². The Labute approximate surface area is 132 Å². The summed E-state index contributed by atoms with van der Waals surface area (Å²) in [7, 11) is 0. The Bertz CT molecular complexity index is 506. The molecule has 0 unspecified atom stereocenters. The van der Waals surface area contributed by atoms with E-state index in [1.54, 1.807) is 0 Å². The molecule has 0 bridgehead atoms. The molecule has 1 rings (SSSR count). The van der Waals surface area contributed by atoms with Gasteiger partial charge >= 0.3 is 0 Å². The molecule has 0 aromatic carbocycles. The van der Waals surface area contributed by atoms with E-state index in [9.17, 15) is 4.79 Å². The lowest BCUT2D eigenvalue weighted by Crippen LogP contribution is -2.42. The summed E-state index contributed by atoms with van der Waals surface area (Å²) in [4.78, 5) is 15.6. The van der Waals surface area contributed by atoms with E-state index in [2.05, 4.69) is 39.5 Å². The standard InChI is InChI=1S/C17H25NO2S/c1-5-15(6-2)18(12-13(3)4)17(20)16-14(8-7-10-19)9-11-21-16/h9,11,13,15,19H,5-6,10,12H2,1-4H3. The van der Waals surface area contributed by atoms with Crippen molar-refractivity contribution in [2.24, 2.45) is 5.92 Å². The second-order valence-electron chi connectivity index (χ2n) is 5.44. The van der Waals surface area contributed by atoms with Gasteiger partial charge in [-0.1, -0.05) is 39.5 Å². The summed E-state index contributed by atoms with van der Waals surface area (Å²) in [6, 6.07) is 2.11. The number of carbonyl (C=O) groups excluding carboxylic acids is 1. The van der Waals surface area contributed by atoms with E-state index in [4.69, 9.17) is 5.11 Å². The highest BCUT2D eigenvalue weighted by Crippen LogP contribution is 2.22. The number of rotatable bonds is 6. The number of aliphatic hydroxyl groups excluding tert-OH is 1. The topological polar surface area (TPSA) is 40.5 Å². The largest absolute Gasteiger partial charge is 0.384 e. The van der Waals surface area contributed by atoms with Gasteiger partial charge in [0.2, 0.25) is 0 Å². The van der Waals surface area contributed by atoms with Gasteiger partial charge in [0.1, 0.15) is 11.5 Å². The van der Waals surface area contributed by atoms with Crippen molar-refractivity contribution in [3.63, 3.8) is 0 Å². The van der Waals surface area contributed by atoms with Crippen molar-refractivity contribution in [2.75, 3.05) is 13.2 Å². The monoisotopic (exact) mass is 307 g/mol. The molecule has 0 fully saturated rings. The first-order valence-electron chi connectivity index (χ1n) is 7.53. The molecule has 0 atom stereocenters. The quantitative estimate of drug-likeness (QED) is 0.819. The predicted molar refractivity (Wildman–Crippen MR) is 88.5 cm³/mol. The molecule has 3 nitrogen and oxygen atoms in total. The summed E-state index contributed by atoms with van der Waals surface area (Å²) >= 11 is 1.43. The van der Waals surface area contributed by atoms with Gasteiger partial charge in [0, 0.05) is 18.2 Å². The smallest absolute Gasteiger partial charge is 0.265 e. The molecule has 0 aliphatic rings. The van der Waals surface area contributed by atoms with E-state index in [-0.39, 0.29) is 18.6 Å². The van der Waals surface area contributed by atoms with E-state index < -0.39 is 0 Å². The van der Waals surface area contributed by atoms with Crippen LogP contribution in [-0.2, 0) is 0 Å². The molecular weight excluding hydrogens is 282 g/mol. The summed E-state index contributed by atoms with van der Waals surface area (Å²) in [5.41, 5.74) is 0.721. The number of amides is 1. The highest BCUT2D eigenvalue weighted by atomic mass is 32.1. The third-order valence-corrected chi connectivity index (χ3v) is 4.27. The zero-order valence-electron chi connectivity index (χ0n) is 13.3. The minimum atomic E-state index is -0.189. The van der Waals surface area contributed by atoms with Gasteiger partial charge in [-0.25, -0.2) is 0 Å². The SMILES string of the molecule is CCC(CC)N(CC(C)C)C(=O)c1sccc1C#CCO. The maximum Gasteiger partial charge on any atom is 0.265 e. The Kier molecular flexibility index (Phi) is 7.49. The number of thiophene rings is 1. The number of carbonyl (C=O) groups is 1. The summed E-state index contributed by atoms with van der Waals surface area (Å²) in [6.07, 6.45) is 1.91. The second-order valence-corrected chi connectivity index (χ2v) is 6.36. The van der Waals surface area contributed by atoms with E-state index in [0.29, 0.717) is 10.8 Å². The van der Waals surface area contributed by atoms with Crippen molar-refractivity contribution >= 4 is 17.2 Å². The van der Waals surface area contributed by atoms with E-state index >= 15 is 0 Å². The van der Waals surface area contributed by atoms with Crippen molar-refractivity contribution in [3.8, 4) is 11.8 Å². The van der Waals surface area contributed by atoms with Crippen molar-refractivity contribution in [3.05, 3.63) is 21.9 Å². The van der Waals surface area contributed by atoms with Crippen LogP contribution in [0.25, 0.3) is 0 Å². The Hall–Kier alpha value is -1.31. The van der Waals surface area contributed by atoms with Crippen LogP contribution in [0.4, 0.5) is 0 Å². The number of aliphatic hydroxyl groups is 1. The third kappa shape index (κ3) is 4.87. The molecule has 116 valence electrons. The Balaban J connectivity index is 3.07. The summed E-state index contributed by atoms with van der Waals surface area (Å²) in [6.45, 7) is 9.07. The van der Waals surface area contributed by atoms with E-state index in [1.807, 2.05) is 16.3 Å². The molecule has 21 heavy (non-hydrogen) atoms. The molecule has 1 aromatic heterocycles. The number of hydrogen-bond acceptors (Lipinski definition) is 3. The van der Waals surface area contributed by atoms with E-state index in [1.165, 1.54) is 11.3 Å². The molecule has 0 saturated heterocycles. The highest BCUT2D eigenvalue weighted by molar-refractivity contribution is 7.12. The zero-order chi connectivity index (χ0) is 15.8. The Morgan fingerprint density at radius 1 is 1.38 bits per heavy atom. The van der Waals surface area contributed by atoms with Gasteiger partial charge in [0.25, 0.3) is 5.91 Å². The third-order valence-electron chi connectivity index (χ3n) is 3.37. The molecule has 0 aliphatic heterocycles. The molecule has 1 amide bonds. The zero-order valence-corrected chi connectivity index (χ0v) is 14.2. The van der Waals surface area contributed by atoms with Crippen LogP contribution in [0, 0.1) is 17.8 Å². The minimum absolute atomic E-state index is 0.0645. The lowest BCUT2D eigenvalue weighted by Gasteiger charge is -2.32. The molecule has 4 heteroatoms. The van der Waals surface area contributed by atoms with Crippen LogP contribution in [0.15, 0.2) is 11.4 Å². The van der Waals surface area contributed by atoms with Crippen LogP contribution < -0.4 is 0 Å². The molecule has 1 heterocycles. The van der Waals surface area contributed by atoms with Gasteiger partial charge in [0.05, 0.1) is 0 Å². The Morgan fingerprint density at radius 2 is 2.05 bits per heavy atom. The van der Waals surface area contributed by atoms with Gasteiger partial charge in [-0.05, 0) is 30.2 Å². The maximum atomic E-state index is 12.9. The maximum absolute atomic E-state index is 12.9. The molecule has 0 saturated carbocycles. The predicted octanol–water partition coefficient (Wildman–Crippen LogP) is 3.38. The average Bonchev–Trinajstić information content (AvgIpc) is 2.92. The van der Waals surface area contributed by atoms with Crippen molar-refractivity contribution in [1.29, 1.82) is 0 Å². The fourth-order valence-corrected chi connectivity index (χ4v) is 3.16. The first kappa shape index (κ1) is 17.7. The van der Waals surface area contributed by atoms with Crippen molar-refractivity contribution < 1.29 is 9.90 Å². The molecule has 0 radical (unpaired) electrons. The fourth-order valence-electron chi connectivity index (χ4n) is 2.36. The number of nitrogens with zero attached hydrogens (tertiary/aromatic N) is 1. The van der Waals surface area contributed by atoms with Crippen LogP contribution in [0.2, 0.25) is 0 Å². The van der Waals surface area contributed by atoms with Gasteiger partial charge in [0.15, 0.2) is 0 Å². The van der Waals surface area contributed by atoms with Crippen LogP contribution >= 0.6 is 11.3 Å². The summed E-state index contributed by atoms with van der Waals surface area (Å²) in [5, 5.41) is 10.7. The highest BCUT2D eigenvalue weighted by Gasteiger charge is 2.25. The van der Waals surface area contributed by atoms with Crippen molar-refractivity contribution in [1.82, 2.24) is 4.90 Å². The lowest BCUT2D eigenvalue weighted by molar-refractivity contribution is 0.0645. The lowest BCUT2D eigenvalue weighted by atomic mass is 10.1. The van der Waals surface area contributed by atoms with Gasteiger partial charge in [-0.15, -0.1) is 11.3 Å². The van der Waals surface area contributed by atoms with Gasteiger partial charge in [-0.2, -0.15) is 0 Å². The van der Waals surface area contributed by atoms with Crippen molar-refractivity contribution in [2.45, 2.75) is 46.6 Å². The first-order chi connectivity index (χ1) is 10.0. The average molecular weight is 307 g/mol. The second kappa shape index (κ2) is 8.86. The molecule has 1 aromatic rings. The van der Waals surface area contributed by atoms with Crippen LogP contribution in [0.1, 0.15) is 55.8 Å². The molecule has 0 aliphatic carbocycles. The van der Waals surface area contributed by atoms with Gasteiger partial charge < -0.3 is 10.0 Å². The Morgan fingerprint density at radius 3 is 2.57 bits per heavy atom. The molecule has 1 N–H and O–H groups in total. The molecular formula is C17H25NO2S. The fraction of sp³-hybridized carbons (Fsp3) is 0.588. The summed E-state index contributed by atoms with van der Waals surface area (Å²) < 4.78 is 0. The number of hydrogen-bond donors (Lipinski definition) is 1. The first-order valence-corrected chi connectivity index (χ1v) is 8.41.